The number of carbonyl (C=O) groups excluding carboxylic acids is 1. The molecule has 1 aliphatic heterocycles. The summed E-state index contributed by atoms with van der Waals surface area (Å²) in [4.78, 5) is 14.1. The molecule has 1 N–H and O–H groups in total. The number of nitrogens with zero attached hydrogens (tertiary/aromatic N) is 3. The first kappa shape index (κ1) is 13.6. The number of amides is 1. The molecule has 1 amide bonds. The van der Waals surface area contributed by atoms with Gasteiger partial charge >= 0.3 is 0 Å². The highest BCUT2D eigenvalue weighted by Crippen LogP contribution is 2.32. The fourth-order valence-corrected chi connectivity index (χ4v) is 3.10. The van der Waals surface area contributed by atoms with Gasteiger partial charge in [0, 0.05) is 44.3 Å². The maximum absolute atomic E-state index is 12.0. The van der Waals surface area contributed by atoms with Crippen LogP contribution in [0.5, 0.6) is 0 Å². The Balaban J connectivity index is 1.48. The molecule has 1 atom stereocenters. The molecule has 3 rings (SSSR count). The summed E-state index contributed by atoms with van der Waals surface area (Å²) in [5.41, 5.74) is 1.21. The van der Waals surface area contributed by atoms with E-state index in [2.05, 4.69) is 28.3 Å². The molecule has 0 radical (unpaired) electrons. The molecule has 5 nitrogen and oxygen atoms in total. The first-order valence-electron chi connectivity index (χ1n) is 7.68. The van der Waals surface area contributed by atoms with Crippen molar-refractivity contribution in [1.29, 1.82) is 0 Å². The van der Waals surface area contributed by atoms with Crippen molar-refractivity contribution in [3.05, 3.63) is 18.0 Å². The van der Waals surface area contributed by atoms with Gasteiger partial charge in [0.25, 0.3) is 0 Å². The molecular weight excluding hydrogens is 252 g/mol. The standard InChI is InChI=1S/C15H24N4O/c1-11(14-5-8-16-18(14)2)17-13-6-9-19(10-7-13)15(20)12-3-4-12/h5,8,11-13,17H,3-4,6-7,9-10H2,1-2H3. The van der Waals surface area contributed by atoms with Gasteiger partial charge in [0.2, 0.25) is 5.91 Å². The number of hydrogen-bond donors (Lipinski definition) is 1. The fraction of sp³-hybridized carbons (Fsp3) is 0.733. The quantitative estimate of drug-likeness (QED) is 0.906. The Bertz CT molecular complexity index is 472. The first-order chi connectivity index (χ1) is 9.65. The Morgan fingerprint density at radius 2 is 2.05 bits per heavy atom. The molecule has 20 heavy (non-hydrogen) atoms. The van der Waals surface area contributed by atoms with Crippen molar-refractivity contribution in [2.45, 2.75) is 44.7 Å². The van der Waals surface area contributed by atoms with Crippen LogP contribution in [0.25, 0.3) is 0 Å². The van der Waals surface area contributed by atoms with E-state index >= 15 is 0 Å². The molecule has 1 aromatic heterocycles. The highest BCUT2D eigenvalue weighted by molar-refractivity contribution is 5.81. The van der Waals surface area contributed by atoms with Crippen molar-refractivity contribution in [2.75, 3.05) is 13.1 Å². The lowest BCUT2D eigenvalue weighted by molar-refractivity contribution is -0.133. The van der Waals surface area contributed by atoms with E-state index in [1.807, 2.05) is 17.9 Å². The summed E-state index contributed by atoms with van der Waals surface area (Å²) in [6.45, 7) is 3.99. The zero-order valence-corrected chi connectivity index (χ0v) is 12.4. The van der Waals surface area contributed by atoms with E-state index in [9.17, 15) is 4.79 Å². The molecule has 1 unspecified atom stereocenters. The van der Waals surface area contributed by atoms with E-state index in [1.165, 1.54) is 5.69 Å². The number of aryl methyl sites for hydroxylation is 1. The van der Waals surface area contributed by atoms with Crippen LogP contribution in [0.15, 0.2) is 12.3 Å². The summed E-state index contributed by atoms with van der Waals surface area (Å²) >= 11 is 0. The molecule has 2 aliphatic rings. The summed E-state index contributed by atoms with van der Waals surface area (Å²) in [6.07, 6.45) is 6.16. The summed E-state index contributed by atoms with van der Waals surface area (Å²) < 4.78 is 1.92. The Morgan fingerprint density at radius 1 is 1.35 bits per heavy atom. The van der Waals surface area contributed by atoms with E-state index in [0.29, 0.717) is 23.9 Å². The number of likely N-dealkylation sites (tertiary alicyclic amines) is 1. The van der Waals surface area contributed by atoms with E-state index in [-0.39, 0.29) is 0 Å². The molecule has 110 valence electrons. The number of piperidine rings is 1. The minimum Gasteiger partial charge on any atom is -0.342 e. The van der Waals surface area contributed by atoms with Crippen LogP contribution in [0, 0.1) is 5.92 Å². The smallest absolute Gasteiger partial charge is 0.225 e. The van der Waals surface area contributed by atoms with Gasteiger partial charge in [-0.3, -0.25) is 9.48 Å². The lowest BCUT2D eigenvalue weighted by Crippen LogP contribution is -2.46. The van der Waals surface area contributed by atoms with Gasteiger partial charge in [-0.05, 0) is 38.7 Å². The van der Waals surface area contributed by atoms with Crippen LogP contribution < -0.4 is 5.32 Å². The number of nitrogens with one attached hydrogen (secondary N) is 1. The van der Waals surface area contributed by atoms with Crippen LogP contribution in [0.3, 0.4) is 0 Å². The minimum absolute atomic E-state index is 0.304. The minimum atomic E-state index is 0.304. The summed E-state index contributed by atoms with van der Waals surface area (Å²) in [6, 6.07) is 2.87. The topological polar surface area (TPSA) is 50.2 Å². The van der Waals surface area contributed by atoms with Gasteiger partial charge in [-0.15, -0.1) is 0 Å². The van der Waals surface area contributed by atoms with Crippen LogP contribution in [0.4, 0.5) is 0 Å². The molecule has 2 heterocycles. The third kappa shape index (κ3) is 2.87. The highest BCUT2D eigenvalue weighted by atomic mass is 16.2. The Kier molecular flexibility index (Phi) is 3.78. The third-order valence-corrected chi connectivity index (χ3v) is 4.52. The van der Waals surface area contributed by atoms with Gasteiger partial charge in [0.1, 0.15) is 0 Å². The van der Waals surface area contributed by atoms with Gasteiger partial charge in [0.05, 0.1) is 5.69 Å². The highest BCUT2D eigenvalue weighted by Gasteiger charge is 2.35. The lowest BCUT2D eigenvalue weighted by atomic mass is 10.0. The maximum atomic E-state index is 12.0. The van der Waals surface area contributed by atoms with Gasteiger partial charge < -0.3 is 10.2 Å². The van der Waals surface area contributed by atoms with E-state index in [0.717, 1.165) is 38.8 Å². The van der Waals surface area contributed by atoms with Crippen LogP contribution in [-0.2, 0) is 11.8 Å². The second kappa shape index (κ2) is 5.56. The molecule has 2 fully saturated rings. The van der Waals surface area contributed by atoms with E-state index < -0.39 is 0 Å². The number of rotatable bonds is 4. The number of aromatic nitrogens is 2. The predicted molar refractivity (Wildman–Crippen MR) is 77.1 cm³/mol. The van der Waals surface area contributed by atoms with Crippen LogP contribution in [0.1, 0.15) is 44.3 Å². The molecule has 0 aromatic carbocycles. The average molecular weight is 276 g/mol. The molecule has 1 aromatic rings. The van der Waals surface area contributed by atoms with Gasteiger partial charge in [-0.2, -0.15) is 5.10 Å². The summed E-state index contributed by atoms with van der Waals surface area (Å²) in [5, 5.41) is 7.88. The predicted octanol–water partition coefficient (Wildman–Crippen LogP) is 1.47. The third-order valence-electron chi connectivity index (χ3n) is 4.52. The van der Waals surface area contributed by atoms with Gasteiger partial charge in [-0.1, -0.05) is 0 Å². The van der Waals surface area contributed by atoms with Gasteiger partial charge in [-0.25, -0.2) is 0 Å². The second-order valence-electron chi connectivity index (χ2n) is 6.14. The second-order valence-corrected chi connectivity index (χ2v) is 6.14. The van der Waals surface area contributed by atoms with Crippen molar-refractivity contribution in [1.82, 2.24) is 20.0 Å². The molecular formula is C15H24N4O. The molecule has 1 saturated carbocycles. The maximum Gasteiger partial charge on any atom is 0.225 e. The Hall–Kier alpha value is -1.36. The first-order valence-corrected chi connectivity index (χ1v) is 7.68. The van der Waals surface area contributed by atoms with Crippen molar-refractivity contribution >= 4 is 5.91 Å². The zero-order chi connectivity index (χ0) is 14.1. The monoisotopic (exact) mass is 276 g/mol. The Morgan fingerprint density at radius 3 is 2.60 bits per heavy atom. The average Bonchev–Trinajstić information content (AvgIpc) is 3.21. The molecule has 0 bridgehead atoms. The zero-order valence-electron chi connectivity index (χ0n) is 12.4. The van der Waals surface area contributed by atoms with Crippen molar-refractivity contribution in [2.24, 2.45) is 13.0 Å². The summed E-state index contributed by atoms with van der Waals surface area (Å²) in [7, 11) is 1.98. The van der Waals surface area contributed by atoms with Crippen molar-refractivity contribution in [3.8, 4) is 0 Å². The van der Waals surface area contributed by atoms with Crippen molar-refractivity contribution in [3.63, 3.8) is 0 Å². The van der Waals surface area contributed by atoms with Crippen LogP contribution in [0.2, 0.25) is 0 Å². The SMILES string of the molecule is CC(NC1CCN(C(=O)C2CC2)CC1)c1ccnn1C. The molecule has 0 spiro atoms. The Labute approximate surface area is 120 Å². The van der Waals surface area contributed by atoms with Crippen LogP contribution >= 0.6 is 0 Å². The molecule has 1 saturated heterocycles. The lowest BCUT2D eigenvalue weighted by Gasteiger charge is -2.34. The largest absolute Gasteiger partial charge is 0.342 e. The van der Waals surface area contributed by atoms with Crippen LogP contribution in [-0.4, -0.2) is 39.7 Å². The normalized spacial score (nSPS) is 22.0. The number of hydrogen-bond acceptors (Lipinski definition) is 3. The molecule has 5 heteroatoms. The van der Waals surface area contributed by atoms with Crippen molar-refractivity contribution < 1.29 is 4.79 Å². The molecule has 1 aliphatic carbocycles. The fourth-order valence-electron chi connectivity index (χ4n) is 3.10. The van der Waals surface area contributed by atoms with E-state index in [4.69, 9.17) is 0 Å². The van der Waals surface area contributed by atoms with E-state index in [1.54, 1.807) is 0 Å². The van der Waals surface area contributed by atoms with Gasteiger partial charge in [0.15, 0.2) is 0 Å². The summed E-state index contributed by atoms with van der Waals surface area (Å²) in [5.74, 6) is 0.746. The number of carbonyl (C=O) groups is 1.